The number of hydrogen-bond acceptors (Lipinski definition) is 4. The van der Waals surface area contributed by atoms with Gasteiger partial charge in [-0.25, -0.2) is 5.43 Å². The van der Waals surface area contributed by atoms with Gasteiger partial charge >= 0.3 is 0 Å². The molecular weight excluding hydrogens is 340 g/mol. The zero-order valence-electron chi connectivity index (χ0n) is 14.9. The Morgan fingerprint density at radius 1 is 1.00 bits per heavy atom. The second-order valence-corrected chi connectivity index (χ2v) is 6.09. The average Bonchev–Trinajstić information content (AvgIpc) is 2.69. The van der Waals surface area contributed by atoms with E-state index in [1.807, 2.05) is 36.4 Å². The molecule has 0 unspecified atom stereocenters. The fourth-order valence-corrected chi connectivity index (χ4v) is 2.34. The molecule has 5 nitrogen and oxygen atoms in total. The van der Waals surface area contributed by atoms with Crippen LogP contribution in [-0.4, -0.2) is 17.2 Å². The number of aryl methyl sites for hydroxylation is 1. The topological polar surface area (TPSA) is 70.9 Å². The van der Waals surface area contributed by atoms with E-state index in [2.05, 4.69) is 29.6 Å². The van der Waals surface area contributed by atoms with Gasteiger partial charge in [0.05, 0.1) is 6.21 Å². The molecule has 3 rings (SSSR count). The van der Waals surface area contributed by atoms with Crippen molar-refractivity contribution in [1.82, 2.24) is 5.43 Å². The molecule has 0 bridgehead atoms. The molecule has 2 N–H and O–H groups in total. The number of benzene rings is 3. The Labute approximate surface area is 157 Å². The van der Waals surface area contributed by atoms with Crippen LogP contribution < -0.4 is 10.2 Å². The van der Waals surface area contributed by atoms with Crippen LogP contribution in [0.4, 0.5) is 0 Å². The lowest BCUT2D eigenvalue weighted by Crippen LogP contribution is -2.17. The molecule has 0 aliphatic carbocycles. The van der Waals surface area contributed by atoms with Crippen LogP contribution in [0, 0.1) is 6.92 Å². The van der Waals surface area contributed by atoms with Crippen molar-refractivity contribution >= 4 is 12.1 Å². The lowest BCUT2D eigenvalue weighted by molar-refractivity contribution is 0.0955. The fourth-order valence-electron chi connectivity index (χ4n) is 2.34. The molecule has 0 aromatic heterocycles. The quantitative estimate of drug-likeness (QED) is 0.515. The molecule has 0 saturated carbocycles. The first-order chi connectivity index (χ1) is 13.1. The van der Waals surface area contributed by atoms with Gasteiger partial charge in [-0.3, -0.25) is 4.79 Å². The number of amides is 1. The molecule has 136 valence electrons. The first kappa shape index (κ1) is 18.2. The van der Waals surface area contributed by atoms with E-state index in [0.29, 0.717) is 12.2 Å². The zero-order valence-corrected chi connectivity index (χ0v) is 14.9. The summed E-state index contributed by atoms with van der Waals surface area (Å²) < 4.78 is 5.76. The molecule has 0 aliphatic rings. The molecule has 0 fully saturated rings. The Bertz CT molecular complexity index is 915. The van der Waals surface area contributed by atoms with E-state index in [9.17, 15) is 9.90 Å². The lowest BCUT2D eigenvalue weighted by Gasteiger charge is -2.07. The minimum Gasteiger partial charge on any atom is -0.508 e. The summed E-state index contributed by atoms with van der Waals surface area (Å²) in [6.07, 6.45) is 1.56. The van der Waals surface area contributed by atoms with Gasteiger partial charge in [0.2, 0.25) is 0 Å². The Morgan fingerprint density at radius 2 is 1.67 bits per heavy atom. The molecule has 0 radical (unpaired) electrons. The first-order valence-electron chi connectivity index (χ1n) is 8.51. The van der Waals surface area contributed by atoms with Gasteiger partial charge in [0.15, 0.2) is 0 Å². The summed E-state index contributed by atoms with van der Waals surface area (Å²) in [5.74, 6) is 0.532. The SMILES string of the molecule is Cc1ccc(COc2ccc(/C=N\NC(=O)c3ccc(O)cc3)cc2)cc1. The third-order valence-corrected chi connectivity index (χ3v) is 3.92. The molecule has 3 aromatic rings. The summed E-state index contributed by atoms with van der Waals surface area (Å²) in [6, 6.07) is 21.6. The van der Waals surface area contributed by atoms with Gasteiger partial charge in [0, 0.05) is 5.56 Å². The van der Waals surface area contributed by atoms with Gasteiger partial charge < -0.3 is 9.84 Å². The summed E-state index contributed by atoms with van der Waals surface area (Å²) in [5, 5.41) is 13.2. The number of carbonyl (C=O) groups is 1. The van der Waals surface area contributed by atoms with Crippen LogP contribution in [0.15, 0.2) is 77.9 Å². The van der Waals surface area contributed by atoms with E-state index in [0.717, 1.165) is 16.9 Å². The maximum atomic E-state index is 11.9. The second kappa shape index (κ2) is 8.67. The highest BCUT2D eigenvalue weighted by atomic mass is 16.5. The summed E-state index contributed by atoms with van der Waals surface area (Å²) in [7, 11) is 0. The van der Waals surface area contributed by atoms with Gasteiger partial charge in [-0.05, 0) is 66.6 Å². The number of phenols is 1. The van der Waals surface area contributed by atoms with Crippen LogP contribution in [0.5, 0.6) is 11.5 Å². The highest BCUT2D eigenvalue weighted by molar-refractivity contribution is 5.94. The van der Waals surface area contributed by atoms with Gasteiger partial charge in [-0.15, -0.1) is 0 Å². The maximum absolute atomic E-state index is 11.9. The summed E-state index contributed by atoms with van der Waals surface area (Å²) in [5.41, 5.74) is 6.04. The normalized spacial score (nSPS) is 10.7. The maximum Gasteiger partial charge on any atom is 0.271 e. The number of carbonyl (C=O) groups excluding carboxylic acids is 1. The van der Waals surface area contributed by atoms with Crippen LogP contribution in [0.25, 0.3) is 0 Å². The molecule has 0 atom stereocenters. The van der Waals surface area contributed by atoms with Gasteiger partial charge in [-0.2, -0.15) is 5.10 Å². The number of hydrogen-bond donors (Lipinski definition) is 2. The first-order valence-corrected chi connectivity index (χ1v) is 8.51. The smallest absolute Gasteiger partial charge is 0.271 e. The highest BCUT2D eigenvalue weighted by Crippen LogP contribution is 2.14. The Morgan fingerprint density at radius 3 is 2.33 bits per heavy atom. The highest BCUT2D eigenvalue weighted by Gasteiger charge is 2.03. The molecule has 3 aromatic carbocycles. The number of nitrogens with one attached hydrogen (secondary N) is 1. The number of hydrazone groups is 1. The summed E-state index contributed by atoms with van der Waals surface area (Å²) in [6.45, 7) is 2.56. The van der Waals surface area contributed by atoms with Crippen LogP contribution in [0.1, 0.15) is 27.0 Å². The minimum atomic E-state index is -0.343. The van der Waals surface area contributed by atoms with Crippen LogP contribution in [0.3, 0.4) is 0 Å². The third kappa shape index (κ3) is 5.44. The van der Waals surface area contributed by atoms with Crippen molar-refractivity contribution in [2.75, 3.05) is 0 Å². The van der Waals surface area contributed by atoms with Crippen molar-refractivity contribution in [2.45, 2.75) is 13.5 Å². The molecule has 1 amide bonds. The number of aromatic hydroxyl groups is 1. The number of ether oxygens (including phenoxy) is 1. The third-order valence-electron chi connectivity index (χ3n) is 3.92. The van der Waals surface area contributed by atoms with Crippen LogP contribution in [0.2, 0.25) is 0 Å². The molecule has 5 heteroatoms. The van der Waals surface area contributed by atoms with E-state index in [4.69, 9.17) is 4.74 Å². The Hall–Kier alpha value is -3.60. The molecule has 0 saturated heterocycles. The summed E-state index contributed by atoms with van der Waals surface area (Å²) in [4.78, 5) is 11.9. The van der Waals surface area contributed by atoms with Crippen molar-refractivity contribution in [3.8, 4) is 11.5 Å². The second-order valence-electron chi connectivity index (χ2n) is 6.09. The molecular formula is C22H20N2O3. The van der Waals surface area contributed by atoms with Crippen LogP contribution in [-0.2, 0) is 6.61 Å². The number of nitrogens with zero attached hydrogens (tertiary/aromatic N) is 1. The van der Waals surface area contributed by atoms with E-state index in [1.54, 1.807) is 6.21 Å². The lowest BCUT2D eigenvalue weighted by atomic mass is 10.2. The van der Waals surface area contributed by atoms with E-state index < -0.39 is 0 Å². The zero-order chi connectivity index (χ0) is 19.1. The Balaban J connectivity index is 1.50. The minimum absolute atomic E-state index is 0.111. The number of phenolic OH excluding ortho intramolecular Hbond substituents is 1. The van der Waals surface area contributed by atoms with Gasteiger partial charge in [0.1, 0.15) is 18.1 Å². The van der Waals surface area contributed by atoms with Crippen molar-refractivity contribution in [3.63, 3.8) is 0 Å². The van der Waals surface area contributed by atoms with E-state index in [-0.39, 0.29) is 11.7 Å². The molecule has 0 heterocycles. The predicted molar refractivity (Wildman–Crippen MR) is 105 cm³/mol. The predicted octanol–water partition coefficient (Wildman–Crippen LogP) is 4.04. The van der Waals surface area contributed by atoms with E-state index >= 15 is 0 Å². The molecule has 0 spiro atoms. The standard InChI is InChI=1S/C22H20N2O3/c1-16-2-4-18(5-3-16)15-27-21-12-6-17(7-13-21)14-23-24-22(26)19-8-10-20(25)11-9-19/h2-14,25H,15H2,1H3,(H,24,26)/b23-14-. The van der Waals surface area contributed by atoms with Crippen molar-refractivity contribution in [3.05, 3.63) is 95.1 Å². The monoisotopic (exact) mass is 360 g/mol. The van der Waals surface area contributed by atoms with E-state index in [1.165, 1.54) is 29.8 Å². The fraction of sp³-hybridized carbons (Fsp3) is 0.0909. The largest absolute Gasteiger partial charge is 0.508 e. The van der Waals surface area contributed by atoms with Crippen molar-refractivity contribution < 1.29 is 14.6 Å². The van der Waals surface area contributed by atoms with Crippen LogP contribution >= 0.6 is 0 Å². The number of rotatable bonds is 6. The van der Waals surface area contributed by atoms with Crippen molar-refractivity contribution in [1.29, 1.82) is 0 Å². The summed E-state index contributed by atoms with van der Waals surface area (Å²) >= 11 is 0. The van der Waals surface area contributed by atoms with Crippen molar-refractivity contribution in [2.24, 2.45) is 5.10 Å². The van der Waals surface area contributed by atoms with Gasteiger partial charge in [0.25, 0.3) is 5.91 Å². The molecule has 0 aliphatic heterocycles. The van der Waals surface area contributed by atoms with Gasteiger partial charge in [-0.1, -0.05) is 29.8 Å². The average molecular weight is 360 g/mol. The molecule has 27 heavy (non-hydrogen) atoms. The Kier molecular flexibility index (Phi) is 5.84.